The third-order valence-electron chi connectivity index (χ3n) is 1.75. The minimum absolute atomic E-state index is 0.236. The first-order chi connectivity index (χ1) is 6.74. The van der Waals surface area contributed by atoms with E-state index >= 15 is 0 Å². The molecule has 0 aliphatic carbocycles. The minimum Gasteiger partial charge on any atom is -0.293 e. The van der Waals surface area contributed by atoms with Gasteiger partial charge in [-0.1, -0.05) is 19.1 Å². The molecular weight excluding hydrogens is 307 g/mol. The number of rotatable bonds is 5. The predicted molar refractivity (Wildman–Crippen MR) is 71.1 cm³/mol. The molecule has 0 bridgehead atoms. The summed E-state index contributed by atoms with van der Waals surface area (Å²) in [5.41, 5.74) is 0.828. The van der Waals surface area contributed by atoms with Crippen LogP contribution in [0, 0.1) is 3.57 Å². The fraction of sp³-hybridized carbons (Fsp3) is 0.364. The lowest BCUT2D eigenvalue weighted by molar-refractivity contribution is 0.102. The van der Waals surface area contributed by atoms with Crippen LogP contribution in [0.4, 0.5) is 0 Å². The van der Waals surface area contributed by atoms with Crippen molar-refractivity contribution >= 4 is 40.1 Å². The van der Waals surface area contributed by atoms with Crippen LogP contribution in [-0.4, -0.2) is 17.3 Å². The van der Waals surface area contributed by atoms with E-state index in [1.165, 1.54) is 3.57 Å². The van der Waals surface area contributed by atoms with E-state index in [9.17, 15) is 4.79 Å². The van der Waals surface area contributed by atoms with Gasteiger partial charge in [0.25, 0.3) is 0 Å². The molecular formula is C11H13IOS. The summed E-state index contributed by atoms with van der Waals surface area (Å²) in [6, 6.07) is 7.74. The Morgan fingerprint density at radius 3 is 2.57 bits per heavy atom. The van der Waals surface area contributed by atoms with Crippen LogP contribution >= 0.6 is 34.4 Å². The number of carbonyl (C=O) groups excluding carboxylic acids is 1. The first kappa shape index (κ1) is 12.0. The first-order valence-corrected chi connectivity index (χ1v) is 6.84. The Labute approximate surface area is 103 Å². The van der Waals surface area contributed by atoms with Crippen molar-refractivity contribution in [3.05, 3.63) is 33.4 Å². The summed E-state index contributed by atoms with van der Waals surface area (Å²) in [5.74, 6) is 1.91. The average Bonchev–Trinajstić information content (AvgIpc) is 2.19. The number of hydrogen-bond acceptors (Lipinski definition) is 2. The summed E-state index contributed by atoms with van der Waals surface area (Å²) < 4.78 is 1.17. The van der Waals surface area contributed by atoms with Crippen LogP contribution in [0.15, 0.2) is 24.3 Å². The zero-order valence-corrected chi connectivity index (χ0v) is 11.1. The Morgan fingerprint density at radius 2 is 2.00 bits per heavy atom. The number of carbonyl (C=O) groups is 1. The molecule has 1 rings (SSSR count). The maximum absolute atomic E-state index is 11.6. The molecule has 0 saturated carbocycles. The number of Topliss-reactive ketones (excluding diaryl/α,β-unsaturated/α-hetero) is 1. The summed E-state index contributed by atoms with van der Waals surface area (Å²) in [6.07, 6.45) is 1.13. The lowest BCUT2D eigenvalue weighted by Crippen LogP contribution is -2.02. The Kier molecular flexibility index (Phi) is 5.55. The van der Waals surface area contributed by atoms with Crippen molar-refractivity contribution in [2.24, 2.45) is 0 Å². The van der Waals surface area contributed by atoms with Gasteiger partial charge in [-0.05, 0) is 46.9 Å². The normalized spacial score (nSPS) is 10.1. The van der Waals surface area contributed by atoms with Gasteiger partial charge in [-0.2, -0.15) is 11.8 Å². The van der Waals surface area contributed by atoms with Gasteiger partial charge in [-0.3, -0.25) is 4.79 Å². The molecule has 0 unspecified atom stereocenters. The van der Waals surface area contributed by atoms with Crippen molar-refractivity contribution in [2.75, 3.05) is 11.5 Å². The fourth-order valence-corrected chi connectivity index (χ4v) is 2.17. The molecule has 0 spiro atoms. The Hall–Kier alpha value is -0.0300. The second-order valence-electron chi connectivity index (χ2n) is 2.98. The van der Waals surface area contributed by atoms with E-state index in [1.54, 1.807) is 11.8 Å². The highest BCUT2D eigenvalue weighted by atomic mass is 127. The number of thioether (sulfide) groups is 1. The van der Waals surface area contributed by atoms with Crippen LogP contribution in [-0.2, 0) is 0 Å². The van der Waals surface area contributed by atoms with Gasteiger partial charge in [0.2, 0.25) is 0 Å². The number of benzene rings is 1. The van der Waals surface area contributed by atoms with Gasteiger partial charge in [0.1, 0.15) is 0 Å². The maximum Gasteiger partial charge on any atom is 0.172 e. The monoisotopic (exact) mass is 320 g/mol. The molecule has 0 aliphatic rings. The van der Waals surface area contributed by atoms with Gasteiger partial charge in [0.05, 0.1) is 5.75 Å². The molecule has 76 valence electrons. The molecule has 1 nitrogen and oxygen atoms in total. The van der Waals surface area contributed by atoms with Crippen molar-refractivity contribution in [2.45, 2.75) is 13.3 Å². The SMILES string of the molecule is CCCSCC(=O)c1ccc(I)cc1. The van der Waals surface area contributed by atoms with E-state index in [0.29, 0.717) is 5.75 Å². The number of halogens is 1. The van der Waals surface area contributed by atoms with Gasteiger partial charge < -0.3 is 0 Å². The molecule has 0 radical (unpaired) electrons. The molecule has 0 fully saturated rings. The van der Waals surface area contributed by atoms with Crippen molar-refractivity contribution < 1.29 is 4.79 Å². The standard InChI is InChI=1S/C11H13IOS/c1-2-7-14-8-11(13)9-3-5-10(12)6-4-9/h3-6H,2,7-8H2,1H3. The minimum atomic E-state index is 0.236. The molecule has 0 heterocycles. The zero-order chi connectivity index (χ0) is 10.4. The smallest absolute Gasteiger partial charge is 0.172 e. The van der Waals surface area contributed by atoms with Crippen LogP contribution in [0.3, 0.4) is 0 Å². The zero-order valence-electron chi connectivity index (χ0n) is 8.13. The highest BCUT2D eigenvalue weighted by molar-refractivity contribution is 14.1. The van der Waals surface area contributed by atoms with E-state index < -0.39 is 0 Å². The second kappa shape index (κ2) is 6.45. The molecule has 0 aliphatic heterocycles. The Bertz CT molecular complexity index is 295. The topological polar surface area (TPSA) is 17.1 Å². The van der Waals surface area contributed by atoms with Crippen molar-refractivity contribution in [3.63, 3.8) is 0 Å². The Balaban J connectivity index is 2.48. The molecule has 3 heteroatoms. The van der Waals surface area contributed by atoms with E-state index in [1.807, 2.05) is 24.3 Å². The highest BCUT2D eigenvalue weighted by Gasteiger charge is 2.04. The molecule has 0 saturated heterocycles. The summed E-state index contributed by atoms with van der Waals surface area (Å²) in [4.78, 5) is 11.6. The van der Waals surface area contributed by atoms with Gasteiger partial charge in [0, 0.05) is 9.13 Å². The van der Waals surface area contributed by atoms with E-state index in [-0.39, 0.29) is 5.78 Å². The molecule has 1 aromatic carbocycles. The van der Waals surface area contributed by atoms with E-state index in [0.717, 1.165) is 17.7 Å². The van der Waals surface area contributed by atoms with Gasteiger partial charge in [0.15, 0.2) is 5.78 Å². The Morgan fingerprint density at radius 1 is 1.36 bits per heavy atom. The van der Waals surface area contributed by atoms with E-state index in [2.05, 4.69) is 29.5 Å². The van der Waals surface area contributed by atoms with Crippen LogP contribution < -0.4 is 0 Å². The third kappa shape index (κ3) is 4.00. The third-order valence-corrected chi connectivity index (χ3v) is 3.63. The summed E-state index contributed by atoms with van der Waals surface area (Å²) in [7, 11) is 0. The van der Waals surface area contributed by atoms with Gasteiger partial charge in [-0.15, -0.1) is 0 Å². The molecule has 0 aromatic heterocycles. The predicted octanol–water partition coefficient (Wildman–Crippen LogP) is 3.62. The molecule has 0 amide bonds. The van der Waals surface area contributed by atoms with Crippen molar-refractivity contribution in [3.8, 4) is 0 Å². The van der Waals surface area contributed by atoms with Crippen LogP contribution in [0.25, 0.3) is 0 Å². The average molecular weight is 320 g/mol. The first-order valence-electron chi connectivity index (χ1n) is 4.60. The number of ketones is 1. The lowest BCUT2D eigenvalue weighted by atomic mass is 10.2. The highest BCUT2D eigenvalue weighted by Crippen LogP contribution is 2.10. The van der Waals surface area contributed by atoms with E-state index in [4.69, 9.17) is 0 Å². The molecule has 14 heavy (non-hydrogen) atoms. The largest absolute Gasteiger partial charge is 0.293 e. The quantitative estimate of drug-likeness (QED) is 0.468. The van der Waals surface area contributed by atoms with Crippen molar-refractivity contribution in [1.82, 2.24) is 0 Å². The number of hydrogen-bond donors (Lipinski definition) is 0. The maximum atomic E-state index is 11.6. The summed E-state index contributed by atoms with van der Waals surface area (Å²) in [5, 5.41) is 0. The van der Waals surface area contributed by atoms with Crippen LogP contribution in [0.5, 0.6) is 0 Å². The lowest BCUT2D eigenvalue weighted by Gasteiger charge is -2.00. The van der Waals surface area contributed by atoms with Crippen LogP contribution in [0.1, 0.15) is 23.7 Å². The fourth-order valence-electron chi connectivity index (χ4n) is 1.03. The van der Waals surface area contributed by atoms with Crippen LogP contribution in [0.2, 0.25) is 0 Å². The molecule has 0 atom stereocenters. The van der Waals surface area contributed by atoms with Gasteiger partial charge in [-0.25, -0.2) is 0 Å². The van der Waals surface area contributed by atoms with Crippen molar-refractivity contribution in [1.29, 1.82) is 0 Å². The summed E-state index contributed by atoms with van der Waals surface area (Å²) >= 11 is 3.95. The van der Waals surface area contributed by atoms with Gasteiger partial charge >= 0.3 is 0 Å². The summed E-state index contributed by atoms with van der Waals surface area (Å²) in [6.45, 7) is 2.13. The molecule has 1 aromatic rings. The molecule has 0 N–H and O–H groups in total. The second-order valence-corrected chi connectivity index (χ2v) is 5.33.